The topological polar surface area (TPSA) is 12.0 Å². The molecule has 1 aromatic rings. The van der Waals surface area contributed by atoms with Crippen LogP contribution in [0.3, 0.4) is 0 Å². The van der Waals surface area contributed by atoms with Gasteiger partial charge in [-0.2, -0.15) is 0 Å². The molecule has 1 atom stereocenters. The van der Waals surface area contributed by atoms with Gasteiger partial charge < -0.3 is 5.32 Å². The highest BCUT2D eigenvalue weighted by Crippen LogP contribution is 2.32. The Kier molecular flexibility index (Phi) is 1.89. The van der Waals surface area contributed by atoms with E-state index in [2.05, 4.69) is 30.4 Å². The van der Waals surface area contributed by atoms with Crippen molar-refractivity contribution < 1.29 is 0 Å². The van der Waals surface area contributed by atoms with Crippen LogP contribution in [-0.4, -0.2) is 7.05 Å². The van der Waals surface area contributed by atoms with E-state index in [0.717, 1.165) is 0 Å². The van der Waals surface area contributed by atoms with Crippen LogP contribution >= 0.6 is 0 Å². The summed E-state index contributed by atoms with van der Waals surface area (Å²) < 4.78 is 0. The molecule has 1 aromatic carbocycles. The minimum absolute atomic E-state index is 0.597. The number of rotatable bonds is 1. The van der Waals surface area contributed by atoms with Gasteiger partial charge >= 0.3 is 0 Å². The van der Waals surface area contributed by atoms with Gasteiger partial charge in [0, 0.05) is 6.04 Å². The van der Waals surface area contributed by atoms with E-state index in [1.165, 1.54) is 24.0 Å². The van der Waals surface area contributed by atoms with Crippen LogP contribution in [0.1, 0.15) is 29.2 Å². The first-order valence-corrected chi connectivity index (χ1v) is 4.58. The first kappa shape index (κ1) is 7.81. The first-order valence-electron chi connectivity index (χ1n) is 4.58. The molecular weight excluding hydrogens is 146 g/mol. The van der Waals surface area contributed by atoms with Crippen molar-refractivity contribution in [3.8, 4) is 0 Å². The average molecular weight is 161 g/mol. The van der Waals surface area contributed by atoms with Crippen molar-refractivity contribution in [3.05, 3.63) is 34.9 Å². The van der Waals surface area contributed by atoms with Crippen LogP contribution in [0.4, 0.5) is 0 Å². The fourth-order valence-corrected chi connectivity index (χ4v) is 2.14. The lowest BCUT2D eigenvalue weighted by Crippen LogP contribution is -2.12. The highest BCUT2D eigenvalue weighted by atomic mass is 14.9. The van der Waals surface area contributed by atoms with Crippen LogP contribution in [0.15, 0.2) is 18.2 Å². The van der Waals surface area contributed by atoms with Crippen LogP contribution in [0.2, 0.25) is 0 Å². The standard InChI is InChI=1S/C11H15N/c1-8-4-3-5-10-9(8)6-7-11(10)12-2/h3-5,11-12H,6-7H2,1-2H3/t11-/m1/s1. The zero-order valence-corrected chi connectivity index (χ0v) is 7.72. The summed E-state index contributed by atoms with van der Waals surface area (Å²) in [4.78, 5) is 0. The molecule has 0 bridgehead atoms. The van der Waals surface area contributed by atoms with E-state index < -0.39 is 0 Å². The Morgan fingerprint density at radius 2 is 2.25 bits per heavy atom. The van der Waals surface area contributed by atoms with Gasteiger partial charge in [-0.15, -0.1) is 0 Å². The summed E-state index contributed by atoms with van der Waals surface area (Å²) >= 11 is 0. The van der Waals surface area contributed by atoms with Gasteiger partial charge in [-0.05, 0) is 43.5 Å². The molecule has 12 heavy (non-hydrogen) atoms. The molecule has 0 spiro atoms. The number of hydrogen-bond acceptors (Lipinski definition) is 1. The summed E-state index contributed by atoms with van der Waals surface area (Å²) in [6.45, 7) is 2.21. The van der Waals surface area contributed by atoms with Gasteiger partial charge in [0.25, 0.3) is 0 Å². The minimum atomic E-state index is 0.597. The summed E-state index contributed by atoms with van der Waals surface area (Å²) in [5.41, 5.74) is 4.53. The van der Waals surface area contributed by atoms with Gasteiger partial charge in [0.15, 0.2) is 0 Å². The number of aryl methyl sites for hydroxylation is 1. The molecule has 0 saturated heterocycles. The number of hydrogen-bond donors (Lipinski definition) is 1. The molecule has 0 fully saturated rings. The third-order valence-corrected chi connectivity index (χ3v) is 2.85. The van der Waals surface area contributed by atoms with Crippen molar-refractivity contribution in [2.45, 2.75) is 25.8 Å². The predicted molar refractivity (Wildman–Crippen MR) is 51.3 cm³/mol. The summed E-state index contributed by atoms with van der Waals surface area (Å²) in [5, 5.41) is 3.35. The lowest BCUT2D eigenvalue weighted by Gasteiger charge is -2.09. The van der Waals surface area contributed by atoms with Crippen LogP contribution in [0.25, 0.3) is 0 Å². The SMILES string of the molecule is CN[C@@H]1CCc2c(C)cccc21. The van der Waals surface area contributed by atoms with Gasteiger partial charge in [-0.1, -0.05) is 18.2 Å². The molecule has 1 N–H and O–H groups in total. The van der Waals surface area contributed by atoms with Gasteiger partial charge in [0.1, 0.15) is 0 Å². The molecule has 0 aliphatic heterocycles. The minimum Gasteiger partial charge on any atom is -0.313 e. The van der Waals surface area contributed by atoms with Crippen LogP contribution < -0.4 is 5.32 Å². The molecule has 1 aliphatic carbocycles. The van der Waals surface area contributed by atoms with E-state index in [9.17, 15) is 0 Å². The Balaban J connectivity index is 2.46. The van der Waals surface area contributed by atoms with Crippen molar-refractivity contribution in [1.29, 1.82) is 0 Å². The Morgan fingerprint density at radius 3 is 3.00 bits per heavy atom. The van der Waals surface area contributed by atoms with E-state index in [-0.39, 0.29) is 0 Å². The Bertz CT molecular complexity index is 291. The zero-order valence-electron chi connectivity index (χ0n) is 7.72. The van der Waals surface area contributed by atoms with Crippen LogP contribution in [0, 0.1) is 6.92 Å². The Labute approximate surface area is 73.8 Å². The summed E-state index contributed by atoms with van der Waals surface area (Å²) in [5.74, 6) is 0. The smallest absolute Gasteiger partial charge is 0.0323 e. The number of nitrogens with one attached hydrogen (secondary N) is 1. The van der Waals surface area contributed by atoms with E-state index in [1.807, 2.05) is 7.05 Å². The maximum absolute atomic E-state index is 3.35. The number of benzene rings is 1. The van der Waals surface area contributed by atoms with Crippen molar-refractivity contribution in [2.75, 3.05) is 7.05 Å². The van der Waals surface area contributed by atoms with E-state index in [1.54, 1.807) is 5.56 Å². The molecule has 0 radical (unpaired) electrons. The molecule has 1 heteroatoms. The Morgan fingerprint density at radius 1 is 1.42 bits per heavy atom. The molecular formula is C11H15N. The molecule has 64 valence electrons. The third-order valence-electron chi connectivity index (χ3n) is 2.85. The van der Waals surface area contributed by atoms with E-state index in [0.29, 0.717) is 6.04 Å². The summed E-state index contributed by atoms with van der Waals surface area (Å²) in [6.07, 6.45) is 2.50. The number of fused-ring (bicyclic) bond motifs is 1. The molecule has 0 saturated carbocycles. The maximum atomic E-state index is 3.35. The van der Waals surface area contributed by atoms with Crippen molar-refractivity contribution in [2.24, 2.45) is 0 Å². The van der Waals surface area contributed by atoms with E-state index >= 15 is 0 Å². The van der Waals surface area contributed by atoms with Crippen LogP contribution in [0.5, 0.6) is 0 Å². The highest BCUT2D eigenvalue weighted by molar-refractivity contribution is 5.40. The zero-order chi connectivity index (χ0) is 8.55. The lowest BCUT2D eigenvalue weighted by molar-refractivity contribution is 0.590. The van der Waals surface area contributed by atoms with Gasteiger partial charge in [0.05, 0.1) is 0 Å². The molecule has 1 nitrogen and oxygen atoms in total. The highest BCUT2D eigenvalue weighted by Gasteiger charge is 2.21. The Hall–Kier alpha value is -0.820. The van der Waals surface area contributed by atoms with Gasteiger partial charge in [-0.3, -0.25) is 0 Å². The lowest BCUT2D eigenvalue weighted by atomic mass is 10.0. The fourth-order valence-electron chi connectivity index (χ4n) is 2.14. The largest absolute Gasteiger partial charge is 0.313 e. The fraction of sp³-hybridized carbons (Fsp3) is 0.455. The molecule has 2 rings (SSSR count). The average Bonchev–Trinajstić information content (AvgIpc) is 2.49. The first-order chi connectivity index (χ1) is 5.83. The third kappa shape index (κ3) is 1.05. The van der Waals surface area contributed by atoms with Crippen molar-refractivity contribution in [1.82, 2.24) is 5.32 Å². The summed E-state index contributed by atoms with van der Waals surface area (Å²) in [7, 11) is 2.04. The van der Waals surface area contributed by atoms with Gasteiger partial charge in [0.2, 0.25) is 0 Å². The second kappa shape index (κ2) is 2.91. The molecule has 0 amide bonds. The van der Waals surface area contributed by atoms with Gasteiger partial charge in [-0.25, -0.2) is 0 Å². The second-order valence-electron chi connectivity index (χ2n) is 3.52. The van der Waals surface area contributed by atoms with E-state index in [4.69, 9.17) is 0 Å². The van der Waals surface area contributed by atoms with Crippen LogP contribution in [-0.2, 0) is 6.42 Å². The molecule has 0 aromatic heterocycles. The predicted octanol–water partition coefficient (Wildman–Crippen LogP) is 2.20. The van der Waals surface area contributed by atoms with Crippen molar-refractivity contribution in [3.63, 3.8) is 0 Å². The summed E-state index contributed by atoms with van der Waals surface area (Å²) in [6, 6.07) is 7.21. The molecule has 0 heterocycles. The second-order valence-corrected chi connectivity index (χ2v) is 3.52. The van der Waals surface area contributed by atoms with Crippen molar-refractivity contribution >= 4 is 0 Å². The maximum Gasteiger partial charge on any atom is 0.0323 e. The quantitative estimate of drug-likeness (QED) is 0.666. The molecule has 0 unspecified atom stereocenters. The monoisotopic (exact) mass is 161 g/mol. The normalized spacial score (nSPS) is 21.0. The molecule has 1 aliphatic rings.